The number of hydrogen-bond donors (Lipinski definition) is 1. The lowest BCUT2D eigenvalue weighted by molar-refractivity contribution is -0.128. The Hall–Kier alpha value is -2.40. The molecule has 1 heterocycles. The maximum Gasteiger partial charge on any atom is 0.261 e. The highest BCUT2D eigenvalue weighted by Gasteiger charge is 2.24. The molecular weight excluding hydrogens is 378 g/mol. The van der Waals surface area contributed by atoms with E-state index < -0.39 is 6.10 Å². The van der Waals surface area contributed by atoms with E-state index in [-0.39, 0.29) is 17.9 Å². The largest absolute Gasteiger partial charge is 0.490 e. The molecule has 6 heteroatoms. The lowest BCUT2D eigenvalue weighted by atomic mass is 9.95. The summed E-state index contributed by atoms with van der Waals surface area (Å²) < 4.78 is 17.2. The molecule has 2 aromatic carbocycles. The van der Waals surface area contributed by atoms with Crippen molar-refractivity contribution >= 4 is 17.5 Å². The van der Waals surface area contributed by atoms with Crippen LogP contribution in [0, 0.1) is 5.92 Å². The van der Waals surface area contributed by atoms with Crippen LogP contribution in [0.1, 0.15) is 38.8 Å². The zero-order chi connectivity index (χ0) is 20.1. The topological polar surface area (TPSA) is 56.8 Å². The van der Waals surface area contributed by atoms with Crippen molar-refractivity contribution in [3.63, 3.8) is 0 Å². The Bertz CT molecular complexity index is 807. The molecule has 28 heavy (non-hydrogen) atoms. The summed E-state index contributed by atoms with van der Waals surface area (Å²) in [5.41, 5.74) is 0.978. The van der Waals surface area contributed by atoms with Crippen LogP contribution in [0.15, 0.2) is 42.5 Å². The van der Waals surface area contributed by atoms with Gasteiger partial charge >= 0.3 is 0 Å². The predicted octanol–water partition coefficient (Wildman–Crippen LogP) is 4.78. The fraction of sp³-hybridized carbons (Fsp3) is 0.409. The van der Waals surface area contributed by atoms with Crippen molar-refractivity contribution in [1.82, 2.24) is 5.32 Å². The Morgan fingerprint density at radius 1 is 1.04 bits per heavy atom. The van der Waals surface area contributed by atoms with Gasteiger partial charge in [-0.25, -0.2) is 0 Å². The first kappa shape index (κ1) is 20.3. The quantitative estimate of drug-likeness (QED) is 0.753. The van der Waals surface area contributed by atoms with E-state index in [0.717, 1.165) is 23.5 Å². The van der Waals surface area contributed by atoms with Gasteiger partial charge < -0.3 is 19.5 Å². The number of fused-ring (bicyclic) bond motifs is 1. The zero-order valence-electron chi connectivity index (χ0n) is 16.4. The predicted molar refractivity (Wildman–Crippen MR) is 109 cm³/mol. The molecule has 1 aliphatic heterocycles. The third-order valence-corrected chi connectivity index (χ3v) is 4.84. The Balaban J connectivity index is 1.71. The summed E-state index contributed by atoms with van der Waals surface area (Å²) in [5.74, 6) is 2.08. The minimum atomic E-state index is -0.636. The molecule has 1 amide bonds. The Labute approximate surface area is 170 Å². The molecule has 5 nitrogen and oxygen atoms in total. The van der Waals surface area contributed by atoms with Crippen molar-refractivity contribution in [2.75, 3.05) is 13.2 Å². The highest BCUT2D eigenvalue weighted by molar-refractivity contribution is 6.30. The van der Waals surface area contributed by atoms with Crippen LogP contribution in [-0.2, 0) is 4.79 Å². The van der Waals surface area contributed by atoms with Crippen LogP contribution in [-0.4, -0.2) is 25.2 Å². The van der Waals surface area contributed by atoms with Gasteiger partial charge in [0.2, 0.25) is 0 Å². The molecule has 1 aliphatic rings. The molecule has 0 aromatic heterocycles. The van der Waals surface area contributed by atoms with Gasteiger partial charge in [-0.15, -0.1) is 0 Å². The lowest BCUT2D eigenvalue weighted by Gasteiger charge is -2.25. The summed E-state index contributed by atoms with van der Waals surface area (Å²) >= 11 is 5.89. The van der Waals surface area contributed by atoms with Gasteiger partial charge in [-0.05, 0) is 54.8 Å². The second-order valence-corrected chi connectivity index (χ2v) is 7.64. The number of carbonyl (C=O) groups excluding carboxylic acids is 1. The van der Waals surface area contributed by atoms with Crippen LogP contribution < -0.4 is 19.5 Å². The van der Waals surface area contributed by atoms with Gasteiger partial charge in [0.1, 0.15) is 5.75 Å². The zero-order valence-corrected chi connectivity index (χ0v) is 17.2. The SMILES string of the molecule is CC(C)[C@@H](NC(=O)[C@H](C)Oc1ccc(Cl)cc1)c1ccc2c(c1)OCCCO2. The lowest BCUT2D eigenvalue weighted by Crippen LogP contribution is -2.40. The number of benzene rings is 2. The second kappa shape index (κ2) is 9.20. The molecule has 0 saturated carbocycles. The summed E-state index contributed by atoms with van der Waals surface area (Å²) in [5, 5.41) is 3.72. The third-order valence-electron chi connectivity index (χ3n) is 4.59. The highest BCUT2D eigenvalue weighted by atomic mass is 35.5. The van der Waals surface area contributed by atoms with Crippen LogP contribution in [0.2, 0.25) is 5.02 Å². The molecule has 150 valence electrons. The molecule has 0 saturated heterocycles. The smallest absolute Gasteiger partial charge is 0.261 e. The van der Waals surface area contributed by atoms with E-state index in [1.54, 1.807) is 31.2 Å². The van der Waals surface area contributed by atoms with Gasteiger partial charge in [-0.3, -0.25) is 4.79 Å². The standard InChI is InChI=1S/C22H26ClNO4/c1-14(2)21(16-5-10-19-20(13-16)27-12-4-11-26-19)24-22(25)15(3)28-18-8-6-17(23)7-9-18/h5-10,13-15,21H,4,11-12H2,1-3H3,(H,24,25)/t15-,21+/m0/s1. The monoisotopic (exact) mass is 403 g/mol. The number of nitrogens with one attached hydrogen (secondary N) is 1. The van der Waals surface area contributed by atoms with Crippen molar-refractivity contribution in [1.29, 1.82) is 0 Å². The molecule has 3 rings (SSSR count). The molecule has 2 atom stereocenters. The first-order valence-electron chi connectivity index (χ1n) is 9.56. The molecule has 0 spiro atoms. The van der Waals surface area contributed by atoms with Crippen LogP contribution in [0.25, 0.3) is 0 Å². The van der Waals surface area contributed by atoms with E-state index in [9.17, 15) is 4.79 Å². The van der Waals surface area contributed by atoms with Gasteiger partial charge in [0.05, 0.1) is 19.3 Å². The average molecular weight is 404 g/mol. The van der Waals surface area contributed by atoms with E-state index in [1.165, 1.54) is 0 Å². The first-order chi connectivity index (χ1) is 13.4. The summed E-state index contributed by atoms with van der Waals surface area (Å²) in [6.07, 6.45) is 0.219. The molecule has 0 radical (unpaired) electrons. The number of rotatable bonds is 6. The Kier molecular flexibility index (Phi) is 6.68. The number of ether oxygens (including phenoxy) is 3. The second-order valence-electron chi connectivity index (χ2n) is 7.20. The molecule has 0 fully saturated rings. The van der Waals surface area contributed by atoms with E-state index >= 15 is 0 Å². The average Bonchev–Trinajstić information content (AvgIpc) is 2.92. The Morgan fingerprint density at radius 2 is 1.71 bits per heavy atom. The molecule has 0 aliphatic carbocycles. The van der Waals surface area contributed by atoms with Crippen molar-refractivity contribution in [3.8, 4) is 17.2 Å². The van der Waals surface area contributed by atoms with Crippen LogP contribution >= 0.6 is 11.6 Å². The van der Waals surface area contributed by atoms with E-state index in [0.29, 0.717) is 24.0 Å². The highest BCUT2D eigenvalue weighted by Crippen LogP contribution is 2.34. The molecular formula is C22H26ClNO4. The van der Waals surface area contributed by atoms with E-state index in [2.05, 4.69) is 19.2 Å². The molecule has 2 aromatic rings. The first-order valence-corrected chi connectivity index (χ1v) is 9.94. The summed E-state index contributed by atoms with van der Waals surface area (Å²) in [6, 6.07) is 12.6. The number of halogens is 1. The molecule has 0 unspecified atom stereocenters. The van der Waals surface area contributed by atoms with E-state index in [1.807, 2.05) is 18.2 Å². The molecule has 0 bridgehead atoms. The molecule has 1 N–H and O–H groups in total. The minimum absolute atomic E-state index is 0.166. The fourth-order valence-corrected chi connectivity index (χ4v) is 3.18. The van der Waals surface area contributed by atoms with Crippen molar-refractivity contribution in [2.24, 2.45) is 5.92 Å². The van der Waals surface area contributed by atoms with Crippen molar-refractivity contribution in [2.45, 2.75) is 39.3 Å². The van der Waals surface area contributed by atoms with Crippen LogP contribution in [0.5, 0.6) is 17.2 Å². The van der Waals surface area contributed by atoms with Gasteiger partial charge in [-0.1, -0.05) is 31.5 Å². The number of amides is 1. The third kappa shape index (κ3) is 5.10. The van der Waals surface area contributed by atoms with Crippen molar-refractivity contribution in [3.05, 3.63) is 53.1 Å². The maximum atomic E-state index is 12.7. The number of carbonyl (C=O) groups is 1. The number of hydrogen-bond acceptors (Lipinski definition) is 4. The summed E-state index contributed by atoms with van der Waals surface area (Å²) in [7, 11) is 0. The Morgan fingerprint density at radius 3 is 2.39 bits per heavy atom. The van der Waals surface area contributed by atoms with Gasteiger partial charge in [0.15, 0.2) is 17.6 Å². The minimum Gasteiger partial charge on any atom is -0.490 e. The van der Waals surface area contributed by atoms with Gasteiger partial charge in [0, 0.05) is 11.4 Å². The van der Waals surface area contributed by atoms with Crippen LogP contribution in [0.3, 0.4) is 0 Å². The van der Waals surface area contributed by atoms with E-state index in [4.69, 9.17) is 25.8 Å². The van der Waals surface area contributed by atoms with Gasteiger partial charge in [-0.2, -0.15) is 0 Å². The maximum absolute atomic E-state index is 12.7. The van der Waals surface area contributed by atoms with Crippen LogP contribution in [0.4, 0.5) is 0 Å². The van der Waals surface area contributed by atoms with Crippen molar-refractivity contribution < 1.29 is 19.0 Å². The summed E-state index contributed by atoms with van der Waals surface area (Å²) in [6.45, 7) is 7.14. The fourth-order valence-electron chi connectivity index (χ4n) is 3.05. The van der Waals surface area contributed by atoms with Gasteiger partial charge in [0.25, 0.3) is 5.91 Å². The summed E-state index contributed by atoms with van der Waals surface area (Å²) in [4.78, 5) is 12.7. The normalized spacial score (nSPS) is 15.5.